The van der Waals surface area contributed by atoms with Crippen LogP contribution in [0, 0.1) is 5.92 Å². The number of ether oxygens (including phenoxy) is 4. The molecule has 5 N–H and O–H groups in total. The van der Waals surface area contributed by atoms with E-state index in [1.54, 1.807) is 13.0 Å². The van der Waals surface area contributed by atoms with Crippen molar-refractivity contribution in [2.45, 2.75) is 159 Å². The van der Waals surface area contributed by atoms with Crippen LogP contribution in [0.25, 0.3) is 0 Å². The zero-order valence-corrected chi connectivity index (χ0v) is 27.7. The summed E-state index contributed by atoms with van der Waals surface area (Å²) in [5, 5.41) is 17.2. The highest BCUT2D eigenvalue weighted by Crippen LogP contribution is 2.44. The first-order valence-corrected chi connectivity index (χ1v) is 16.8. The van der Waals surface area contributed by atoms with Gasteiger partial charge in [-0.1, -0.05) is 18.6 Å². The molecule has 3 saturated heterocycles. The zero-order chi connectivity index (χ0) is 32.7. The van der Waals surface area contributed by atoms with Gasteiger partial charge in [0.15, 0.2) is 0 Å². The molecule has 45 heavy (non-hydrogen) atoms. The Bertz CT molecular complexity index is 1080. The molecule has 0 aromatic carbocycles. The quantitative estimate of drug-likeness (QED) is 0.110. The van der Waals surface area contributed by atoms with Crippen LogP contribution in [0.2, 0.25) is 0 Å². The molecule has 4 aliphatic rings. The van der Waals surface area contributed by atoms with Gasteiger partial charge < -0.3 is 40.4 Å². The summed E-state index contributed by atoms with van der Waals surface area (Å²) in [5.41, 5.74) is 6.60. The van der Waals surface area contributed by atoms with Gasteiger partial charge in [-0.25, -0.2) is 0 Å². The molecule has 4 rings (SSSR count). The van der Waals surface area contributed by atoms with E-state index in [1.807, 2.05) is 6.92 Å². The van der Waals surface area contributed by atoms with Gasteiger partial charge in [-0.3, -0.25) is 14.4 Å². The monoisotopic (exact) mass is 633 g/mol. The second-order valence-corrected chi connectivity index (χ2v) is 13.9. The number of rotatable bonds is 12. The molecule has 9 unspecified atom stereocenters. The molecule has 3 aliphatic heterocycles. The van der Waals surface area contributed by atoms with Gasteiger partial charge in [0.05, 0.1) is 43.5 Å². The predicted molar refractivity (Wildman–Crippen MR) is 169 cm³/mol. The van der Waals surface area contributed by atoms with E-state index >= 15 is 0 Å². The Labute approximate surface area is 268 Å². The fourth-order valence-corrected chi connectivity index (χ4v) is 6.96. The number of hydrogen-bond donors (Lipinski definition) is 4. The molecule has 0 bridgehead atoms. The normalized spacial score (nSPS) is 37.7. The number of hydrogen-bond acceptors (Lipinski definition) is 9. The molecule has 254 valence electrons. The maximum Gasteiger partial charge on any atom is 0.303 e. The molecule has 1 saturated carbocycles. The Morgan fingerprint density at radius 1 is 1.09 bits per heavy atom. The Morgan fingerprint density at radius 2 is 1.80 bits per heavy atom. The molecule has 2 amide bonds. The number of amides is 2. The lowest BCUT2D eigenvalue weighted by Crippen LogP contribution is -2.52. The van der Waals surface area contributed by atoms with Crippen LogP contribution in [0.15, 0.2) is 23.8 Å². The SMILES string of the molecule is CC(=O)OC(C)C=CC(=O)NC1CC(C)C(CC=C(C)CCC2OC(CC(=O)NC3CCC(N)CC3)CC3(CO3)C2O)OC1C. The van der Waals surface area contributed by atoms with Crippen LogP contribution in [0.3, 0.4) is 0 Å². The van der Waals surface area contributed by atoms with Gasteiger partial charge in [0.25, 0.3) is 0 Å². The van der Waals surface area contributed by atoms with Gasteiger partial charge in [-0.2, -0.15) is 0 Å². The lowest BCUT2D eigenvalue weighted by atomic mass is 9.85. The molecule has 11 heteroatoms. The van der Waals surface area contributed by atoms with Gasteiger partial charge in [0, 0.05) is 31.5 Å². The van der Waals surface area contributed by atoms with Gasteiger partial charge in [-0.15, -0.1) is 0 Å². The molecule has 0 aromatic rings. The van der Waals surface area contributed by atoms with Crippen LogP contribution in [0.1, 0.15) is 98.8 Å². The van der Waals surface area contributed by atoms with Crippen molar-refractivity contribution in [3.05, 3.63) is 23.8 Å². The van der Waals surface area contributed by atoms with Crippen molar-refractivity contribution in [1.29, 1.82) is 0 Å². The summed E-state index contributed by atoms with van der Waals surface area (Å²) in [6.45, 7) is 9.74. The topological polar surface area (TPSA) is 162 Å². The van der Waals surface area contributed by atoms with Crippen molar-refractivity contribution in [1.82, 2.24) is 10.6 Å². The number of aliphatic hydroxyl groups is 1. The van der Waals surface area contributed by atoms with Crippen LogP contribution in [0.4, 0.5) is 0 Å². The van der Waals surface area contributed by atoms with E-state index in [1.165, 1.54) is 18.6 Å². The van der Waals surface area contributed by atoms with Gasteiger partial charge in [0.1, 0.15) is 17.8 Å². The Balaban J connectivity index is 1.21. The van der Waals surface area contributed by atoms with E-state index < -0.39 is 29.9 Å². The highest BCUT2D eigenvalue weighted by atomic mass is 16.6. The lowest BCUT2D eigenvalue weighted by molar-refractivity contribution is -0.160. The minimum Gasteiger partial charge on any atom is -0.459 e. The number of nitrogens with two attached hydrogens (primary N) is 1. The van der Waals surface area contributed by atoms with Gasteiger partial charge in [-0.05, 0) is 84.1 Å². The first-order valence-electron chi connectivity index (χ1n) is 16.8. The predicted octanol–water partition coefficient (Wildman–Crippen LogP) is 2.97. The third-order valence-corrected chi connectivity index (χ3v) is 9.83. The van der Waals surface area contributed by atoms with Crippen molar-refractivity contribution >= 4 is 17.8 Å². The van der Waals surface area contributed by atoms with Crippen molar-refractivity contribution in [3.63, 3.8) is 0 Å². The number of nitrogens with one attached hydrogen (secondary N) is 2. The van der Waals surface area contributed by atoms with E-state index in [9.17, 15) is 19.5 Å². The van der Waals surface area contributed by atoms with Crippen LogP contribution in [-0.2, 0) is 33.3 Å². The molecule has 9 atom stereocenters. The summed E-state index contributed by atoms with van der Waals surface area (Å²) in [6, 6.07) is 0.302. The van der Waals surface area contributed by atoms with E-state index in [4.69, 9.17) is 24.7 Å². The van der Waals surface area contributed by atoms with Crippen molar-refractivity contribution < 1.29 is 38.4 Å². The Kier molecular flexibility index (Phi) is 12.6. The summed E-state index contributed by atoms with van der Waals surface area (Å²) in [7, 11) is 0. The zero-order valence-electron chi connectivity index (χ0n) is 27.7. The smallest absolute Gasteiger partial charge is 0.303 e. The Hall–Kier alpha value is -2.31. The van der Waals surface area contributed by atoms with Gasteiger partial charge >= 0.3 is 5.97 Å². The number of aliphatic hydroxyl groups excluding tert-OH is 1. The maximum atomic E-state index is 12.8. The number of carbonyl (C=O) groups excluding carboxylic acids is 3. The minimum atomic E-state index is -0.709. The highest BCUT2D eigenvalue weighted by Gasteiger charge is 2.58. The molecule has 4 fully saturated rings. The number of esters is 1. The van der Waals surface area contributed by atoms with Crippen molar-refractivity contribution in [2.75, 3.05) is 6.61 Å². The number of epoxide rings is 1. The average Bonchev–Trinajstić information content (AvgIpc) is 3.74. The fourth-order valence-electron chi connectivity index (χ4n) is 6.96. The van der Waals surface area contributed by atoms with E-state index in [0.717, 1.165) is 44.9 Å². The van der Waals surface area contributed by atoms with Crippen molar-refractivity contribution in [2.24, 2.45) is 11.7 Å². The third-order valence-electron chi connectivity index (χ3n) is 9.83. The van der Waals surface area contributed by atoms with Crippen LogP contribution in [0.5, 0.6) is 0 Å². The molecular formula is C34H55N3O8. The van der Waals surface area contributed by atoms with Crippen LogP contribution >= 0.6 is 0 Å². The van der Waals surface area contributed by atoms with E-state index in [-0.39, 0.29) is 60.6 Å². The average molecular weight is 634 g/mol. The third kappa shape index (κ3) is 10.6. The number of allylic oxidation sites excluding steroid dienone is 1. The standard InChI is InChI=1S/C34H55N3O8/c1-20(6-13-29-21(2)16-28(23(4)44-29)37-31(39)15-8-22(3)43-24(5)38)7-14-30-33(41)34(19-42-34)18-27(45-30)17-32(40)36-26-11-9-25(35)10-12-26/h6,8,15,21-23,25-30,33,41H,7,9-14,16-19,35H2,1-5H3,(H,36,40)(H,37,39). The van der Waals surface area contributed by atoms with E-state index in [2.05, 4.69) is 30.6 Å². The summed E-state index contributed by atoms with van der Waals surface area (Å²) < 4.78 is 23.4. The molecule has 0 aromatic heterocycles. The minimum absolute atomic E-state index is 0.00884. The Morgan fingerprint density at radius 3 is 2.47 bits per heavy atom. The summed E-state index contributed by atoms with van der Waals surface area (Å²) in [5.74, 6) is -0.394. The second kappa shape index (κ2) is 16.0. The first kappa shape index (κ1) is 35.5. The molecular weight excluding hydrogens is 578 g/mol. The van der Waals surface area contributed by atoms with Crippen molar-refractivity contribution in [3.8, 4) is 0 Å². The summed E-state index contributed by atoms with van der Waals surface area (Å²) in [6.07, 6.45) is 10.6. The molecule has 0 radical (unpaired) electrons. The maximum absolute atomic E-state index is 12.8. The molecule has 1 spiro atoms. The van der Waals surface area contributed by atoms with Crippen LogP contribution in [-0.4, -0.2) is 89.8 Å². The molecule has 1 aliphatic carbocycles. The number of carbonyl (C=O) groups is 3. The second-order valence-electron chi connectivity index (χ2n) is 13.9. The highest BCUT2D eigenvalue weighted by molar-refractivity contribution is 5.87. The molecule has 11 nitrogen and oxygen atoms in total. The van der Waals surface area contributed by atoms with E-state index in [0.29, 0.717) is 19.4 Å². The molecule has 3 heterocycles. The van der Waals surface area contributed by atoms with Gasteiger partial charge in [0.2, 0.25) is 11.8 Å². The largest absolute Gasteiger partial charge is 0.459 e. The lowest BCUT2D eigenvalue weighted by Gasteiger charge is -2.39. The fraction of sp³-hybridized carbons (Fsp3) is 0.794. The summed E-state index contributed by atoms with van der Waals surface area (Å²) in [4.78, 5) is 36.3. The summed E-state index contributed by atoms with van der Waals surface area (Å²) >= 11 is 0. The van der Waals surface area contributed by atoms with Crippen LogP contribution < -0.4 is 16.4 Å². The first-order chi connectivity index (χ1) is 21.3.